The molecule has 2 aliphatic rings. The molecule has 0 aromatic carbocycles. The summed E-state index contributed by atoms with van der Waals surface area (Å²) in [4.78, 5) is 4.72. The summed E-state index contributed by atoms with van der Waals surface area (Å²) in [6, 6.07) is 0.513. The van der Waals surface area contributed by atoms with Gasteiger partial charge in [-0.2, -0.15) is 11.8 Å². The molecule has 2 saturated carbocycles. The molecule has 14 heavy (non-hydrogen) atoms. The van der Waals surface area contributed by atoms with Crippen LogP contribution in [0.2, 0.25) is 0 Å². The van der Waals surface area contributed by atoms with Gasteiger partial charge in [-0.05, 0) is 31.9 Å². The van der Waals surface area contributed by atoms with Gasteiger partial charge in [-0.3, -0.25) is 4.99 Å². The number of nitrogens with zero attached hydrogens (tertiary/aromatic N) is 1. The van der Waals surface area contributed by atoms with Crippen molar-refractivity contribution in [1.29, 1.82) is 0 Å². The Bertz CT molecular complexity index is 223. The maximum Gasteiger partial charge on any atom is 0.0972 e. The van der Waals surface area contributed by atoms with Crippen LogP contribution in [0.5, 0.6) is 0 Å². The van der Waals surface area contributed by atoms with Gasteiger partial charge in [-0.25, -0.2) is 0 Å². The maximum absolute atomic E-state index is 5.97. The van der Waals surface area contributed by atoms with Crippen LogP contribution in [0, 0.1) is 5.92 Å². The SMILES string of the molecule is CSC1CCCCC1N=C(N)C1CC1. The third-order valence-corrected chi connectivity index (χ3v) is 4.44. The van der Waals surface area contributed by atoms with Gasteiger partial charge >= 0.3 is 0 Å². The van der Waals surface area contributed by atoms with Crippen molar-refractivity contribution in [2.24, 2.45) is 16.6 Å². The first-order valence-corrected chi connectivity index (χ1v) is 6.96. The molecule has 2 aliphatic carbocycles. The number of nitrogens with two attached hydrogens (primary N) is 1. The highest BCUT2D eigenvalue weighted by Crippen LogP contribution is 2.32. The molecule has 2 atom stereocenters. The van der Waals surface area contributed by atoms with Gasteiger partial charge in [-0.1, -0.05) is 12.8 Å². The van der Waals surface area contributed by atoms with Crippen molar-refractivity contribution in [2.45, 2.75) is 49.8 Å². The van der Waals surface area contributed by atoms with Crippen LogP contribution >= 0.6 is 11.8 Å². The molecule has 0 radical (unpaired) electrons. The van der Waals surface area contributed by atoms with Gasteiger partial charge in [0.1, 0.15) is 0 Å². The maximum atomic E-state index is 5.97. The molecule has 2 unspecified atom stereocenters. The minimum absolute atomic E-state index is 0.513. The second-order valence-electron chi connectivity index (χ2n) is 4.45. The van der Waals surface area contributed by atoms with E-state index in [1.165, 1.54) is 38.5 Å². The molecule has 2 N–H and O–H groups in total. The second kappa shape index (κ2) is 4.56. The number of hydrogen-bond donors (Lipinski definition) is 1. The third kappa shape index (κ3) is 2.44. The lowest BCUT2D eigenvalue weighted by Crippen LogP contribution is -2.29. The number of hydrogen-bond acceptors (Lipinski definition) is 2. The summed E-state index contributed by atoms with van der Waals surface area (Å²) in [6.45, 7) is 0. The highest BCUT2D eigenvalue weighted by Gasteiger charge is 2.29. The van der Waals surface area contributed by atoms with Gasteiger partial charge in [0.05, 0.1) is 11.9 Å². The van der Waals surface area contributed by atoms with E-state index in [0.29, 0.717) is 12.0 Å². The molecule has 0 saturated heterocycles. The average molecular weight is 212 g/mol. The molecule has 0 aromatic rings. The highest BCUT2D eigenvalue weighted by atomic mass is 32.2. The van der Waals surface area contributed by atoms with Crippen molar-refractivity contribution in [3.63, 3.8) is 0 Å². The lowest BCUT2D eigenvalue weighted by Gasteiger charge is -2.27. The Morgan fingerprint density at radius 1 is 1.21 bits per heavy atom. The largest absolute Gasteiger partial charge is 0.387 e. The first kappa shape index (κ1) is 10.3. The zero-order valence-electron chi connectivity index (χ0n) is 8.91. The predicted octanol–water partition coefficient (Wildman–Crippen LogP) is 2.43. The minimum atomic E-state index is 0.513. The number of thioether (sulfide) groups is 1. The van der Waals surface area contributed by atoms with Crippen molar-refractivity contribution in [3.05, 3.63) is 0 Å². The normalized spacial score (nSPS) is 34.5. The van der Waals surface area contributed by atoms with Crippen molar-refractivity contribution < 1.29 is 0 Å². The molecule has 0 bridgehead atoms. The van der Waals surface area contributed by atoms with E-state index in [2.05, 4.69) is 6.26 Å². The van der Waals surface area contributed by atoms with Gasteiger partial charge in [0, 0.05) is 11.2 Å². The summed E-state index contributed by atoms with van der Waals surface area (Å²) in [5.41, 5.74) is 5.97. The Labute approximate surface area is 90.7 Å². The van der Waals surface area contributed by atoms with Crippen LogP contribution in [0.1, 0.15) is 38.5 Å². The molecule has 2 fully saturated rings. The summed E-state index contributed by atoms with van der Waals surface area (Å²) >= 11 is 1.97. The molecule has 0 amide bonds. The first-order chi connectivity index (χ1) is 6.81. The van der Waals surface area contributed by atoms with E-state index in [4.69, 9.17) is 10.7 Å². The minimum Gasteiger partial charge on any atom is -0.387 e. The van der Waals surface area contributed by atoms with E-state index in [1.54, 1.807) is 0 Å². The lowest BCUT2D eigenvalue weighted by molar-refractivity contribution is 0.454. The Morgan fingerprint density at radius 3 is 2.57 bits per heavy atom. The van der Waals surface area contributed by atoms with E-state index >= 15 is 0 Å². The Morgan fingerprint density at radius 2 is 1.93 bits per heavy atom. The van der Waals surface area contributed by atoms with Crippen LogP contribution in [-0.4, -0.2) is 23.4 Å². The third-order valence-electron chi connectivity index (χ3n) is 3.28. The van der Waals surface area contributed by atoms with E-state index in [0.717, 1.165) is 11.1 Å². The number of amidine groups is 1. The Kier molecular flexibility index (Phi) is 3.37. The van der Waals surface area contributed by atoms with E-state index in [-0.39, 0.29) is 0 Å². The summed E-state index contributed by atoms with van der Waals surface area (Å²) < 4.78 is 0. The summed E-state index contributed by atoms with van der Waals surface area (Å²) in [6.07, 6.45) is 10.0. The zero-order chi connectivity index (χ0) is 9.97. The molecular weight excluding hydrogens is 192 g/mol. The fourth-order valence-electron chi connectivity index (χ4n) is 2.18. The van der Waals surface area contributed by atoms with Crippen molar-refractivity contribution in [2.75, 3.05) is 6.26 Å². The number of aliphatic imine (C=N–C) groups is 1. The molecule has 2 rings (SSSR count). The highest BCUT2D eigenvalue weighted by molar-refractivity contribution is 7.99. The Hall–Kier alpha value is -0.180. The lowest BCUT2D eigenvalue weighted by atomic mass is 9.95. The fourth-order valence-corrected chi connectivity index (χ4v) is 3.09. The second-order valence-corrected chi connectivity index (χ2v) is 5.53. The van der Waals surface area contributed by atoms with Crippen molar-refractivity contribution in [3.8, 4) is 0 Å². The monoisotopic (exact) mass is 212 g/mol. The van der Waals surface area contributed by atoms with Gasteiger partial charge in [-0.15, -0.1) is 0 Å². The Balaban J connectivity index is 1.95. The van der Waals surface area contributed by atoms with Crippen molar-refractivity contribution >= 4 is 17.6 Å². The van der Waals surface area contributed by atoms with Crippen LogP contribution < -0.4 is 5.73 Å². The van der Waals surface area contributed by atoms with E-state index < -0.39 is 0 Å². The van der Waals surface area contributed by atoms with E-state index in [9.17, 15) is 0 Å². The standard InChI is InChI=1S/C11H20N2S/c1-14-10-5-3-2-4-9(10)13-11(12)8-6-7-8/h8-10H,2-7H2,1H3,(H2,12,13). The first-order valence-electron chi connectivity index (χ1n) is 5.67. The summed E-state index contributed by atoms with van der Waals surface area (Å²) in [5.74, 6) is 1.58. The van der Waals surface area contributed by atoms with Crippen LogP contribution in [0.4, 0.5) is 0 Å². The molecular formula is C11H20N2S. The molecule has 80 valence electrons. The molecule has 0 spiro atoms. The van der Waals surface area contributed by atoms with E-state index in [1.807, 2.05) is 11.8 Å². The smallest absolute Gasteiger partial charge is 0.0972 e. The van der Waals surface area contributed by atoms with Crippen molar-refractivity contribution in [1.82, 2.24) is 0 Å². The zero-order valence-corrected chi connectivity index (χ0v) is 9.72. The van der Waals surface area contributed by atoms with Crippen LogP contribution in [0.3, 0.4) is 0 Å². The predicted molar refractivity (Wildman–Crippen MR) is 63.9 cm³/mol. The molecule has 2 nitrogen and oxygen atoms in total. The molecule has 0 heterocycles. The van der Waals surface area contributed by atoms with Gasteiger partial charge in [0.25, 0.3) is 0 Å². The van der Waals surface area contributed by atoms with Gasteiger partial charge < -0.3 is 5.73 Å². The quantitative estimate of drug-likeness (QED) is 0.576. The van der Waals surface area contributed by atoms with Gasteiger partial charge in [0.15, 0.2) is 0 Å². The van der Waals surface area contributed by atoms with Gasteiger partial charge in [0.2, 0.25) is 0 Å². The topological polar surface area (TPSA) is 38.4 Å². The average Bonchev–Trinajstić information content (AvgIpc) is 3.02. The summed E-state index contributed by atoms with van der Waals surface area (Å²) in [5, 5.41) is 0.723. The number of rotatable bonds is 3. The summed E-state index contributed by atoms with van der Waals surface area (Å²) in [7, 11) is 0. The fraction of sp³-hybridized carbons (Fsp3) is 0.909. The molecule has 0 aromatic heterocycles. The van der Waals surface area contributed by atoms with Crippen LogP contribution in [-0.2, 0) is 0 Å². The molecule has 3 heteroatoms. The van der Waals surface area contributed by atoms with Crippen LogP contribution in [0.15, 0.2) is 4.99 Å². The molecule has 0 aliphatic heterocycles. The van der Waals surface area contributed by atoms with Crippen LogP contribution in [0.25, 0.3) is 0 Å².